The van der Waals surface area contributed by atoms with Crippen molar-refractivity contribution >= 4 is 55.6 Å². The Labute approximate surface area is 217 Å². The van der Waals surface area contributed by atoms with Crippen LogP contribution in [-0.2, 0) is 46.1 Å². The normalized spacial score (nSPS) is 10.9. The first-order valence-corrected chi connectivity index (χ1v) is 14.0. The molecule has 36 heavy (non-hydrogen) atoms. The van der Waals surface area contributed by atoms with Crippen molar-refractivity contribution in [3.8, 4) is 0 Å². The average Bonchev–Trinajstić information content (AvgIpc) is 3.51. The third kappa shape index (κ3) is 8.32. The fourth-order valence-corrected chi connectivity index (χ4v) is 5.79. The van der Waals surface area contributed by atoms with E-state index in [1.807, 2.05) is 12.1 Å². The summed E-state index contributed by atoms with van der Waals surface area (Å²) in [5.74, 6) is 0.403. The first-order valence-electron chi connectivity index (χ1n) is 10.9. The lowest BCUT2D eigenvalue weighted by Gasteiger charge is -2.00. The van der Waals surface area contributed by atoms with E-state index in [-0.39, 0.29) is 24.7 Å². The van der Waals surface area contributed by atoms with Gasteiger partial charge in [0.05, 0.1) is 12.8 Å². The fraction of sp³-hybridized carbons (Fsp3) is 0.273. The number of hydrogen-bond acceptors (Lipinski definition) is 11. The molecular weight excluding hydrogens is 520 g/mol. The Balaban J connectivity index is 1.15. The maximum absolute atomic E-state index is 12.4. The molecule has 14 heteroatoms. The lowest BCUT2D eigenvalue weighted by Crippen LogP contribution is -2.14. The lowest BCUT2D eigenvalue weighted by atomic mass is 10.2. The molecule has 4 rings (SSSR count). The number of rotatable bonds is 12. The van der Waals surface area contributed by atoms with Gasteiger partial charge in [-0.1, -0.05) is 34.8 Å². The van der Waals surface area contributed by atoms with E-state index in [2.05, 4.69) is 41.0 Å². The van der Waals surface area contributed by atoms with Crippen LogP contribution >= 0.6 is 22.7 Å². The van der Waals surface area contributed by atoms with E-state index in [9.17, 15) is 13.8 Å². The standard InChI is InChI=1S/C22H22N8O3S3/c31-17(13-15-5-1-3-9-23-15)25-21-29-27-19(34-21)7-11-36(33)12-8-20-28-30-22(35-20)26-18(32)14-16-6-2-4-10-24-16/h1-6,9-10H,7-8,11-14H2,(H,25,29,31)(H,26,30,32). The summed E-state index contributed by atoms with van der Waals surface area (Å²) < 4.78 is 12.4. The van der Waals surface area contributed by atoms with Gasteiger partial charge in [-0.15, -0.1) is 20.4 Å². The highest BCUT2D eigenvalue weighted by Crippen LogP contribution is 2.18. The molecule has 0 aliphatic heterocycles. The molecule has 0 aliphatic carbocycles. The second-order valence-electron chi connectivity index (χ2n) is 7.44. The van der Waals surface area contributed by atoms with Crippen LogP contribution in [0.4, 0.5) is 10.3 Å². The summed E-state index contributed by atoms with van der Waals surface area (Å²) >= 11 is 2.53. The minimum Gasteiger partial charge on any atom is -0.300 e. The molecule has 0 aliphatic rings. The molecule has 2 amide bonds. The van der Waals surface area contributed by atoms with Crippen molar-refractivity contribution in [2.24, 2.45) is 0 Å². The zero-order valence-electron chi connectivity index (χ0n) is 19.0. The van der Waals surface area contributed by atoms with Crippen molar-refractivity contribution in [1.29, 1.82) is 0 Å². The van der Waals surface area contributed by atoms with E-state index in [1.165, 1.54) is 22.7 Å². The Morgan fingerprint density at radius 1 is 0.722 bits per heavy atom. The minimum atomic E-state index is -1.09. The van der Waals surface area contributed by atoms with Gasteiger partial charge in [0.25, 0.3) is 0 Å². The Bertz CT molecular complexity index is 1210. The summed E-state index contributed by atoms with van der Waals surface area (Å²) in [6.07, 6.45) is 4.57. The van der Waals surface area contributed by atoms with Gasteiger partial charge >= 0.3 is 0 Å². The highest BCUT2D eigenvalue weighted by molar-refractivity contribution is 7.84. The van der Waals surface area contributed by atoms with Crippen LogP contribution in [0.3, 0.4) is 0 Å². The summed E-state index contributed by atoms with van der Waals surface area (Å²) in [6.45, 7) is 0. The van der Waals surface area contributed by atoms with Gasteiger partial charge in [0.1, 0.15) is 10.0 Å². The van der Waals surface area contributed by atoms with Gasteiger partial charge in [0.2, 0.25) is 22.1 Å². The number of nitrogens with one attached hydrogen (secondary N) is 2. The number of pyridine rings is 2. The van der Waals surface area contributed by atoms with E-state index >= 15 is 0 Å². The van der Waals surface area contributed by atoms with Crippen LogP contribution < -0.4 is 10.6 Å². The molecule has 0 aromatic carbocycles. The number of hydrogen-bond donors (Lipinski definition) is 2. The molecule has 0 saturated heterocycles. The van der Waals surface area contributed by atoms with Crippen LogP contribution in [0.5, 0.6) is 0 Å². The first kappa shape index (κ1) is 25.6. The molecule has 186 valence electrons. The smallest absolute Gasteiger partial charge is 0.232 e. The van der Waals surface area contributed by atoms with E-state index in [4.69, 9.17) is 0 Å². The molecule has 4 aromatic rings. The number of aryl methyl sites for hydroxylation is 2. The summed E-state index contributed by atoms with van der Waals surface area (Å²) in [5.41, 5.74) is 1.34. The van der Waals surface area contributed by atoms with Gasteiger partial charge in [-0.2, -0.15) is 0 Å². The number of anilines is 2. The highest BCUT2D eigenvalue weighted by atomic mass is 32.2. The molecule has 0 saturated carbocycles. The maximum atomic E-state index is 12.4. The molecule has 0 spiro atoms. The largest absolute Gasteiger partial charge is 0.300 e. The first-order chi connectivity index (χ1) is 17.5. The molecule has 4 heterocycles. The van der Waals surface area contributed by atoms with Crippen molar-refractivity contribution in [2.75, 3.05) is 22.1 Å². The zero-order valence-corrected chi connectivity index (χ0v) is 21.4. The molecule has 0 fully saturated rings. The fourth-order valence-electron chi connectivity index (χ4n) is 2.98. The topological polar surface area (TPSA) is 153 Å². The van der Waals surface area contributed by atoms with Crippen molar-refractivity contribution in [3.63, 3.8) is 0 Å². The van der Waals surface area contributed by atoms with Gasteiger partial charge < -0.3 is 10.6 Å². The summed E-state index contributed by atoms with van der Waals surface area (Å²) in [7, 11) is -1.09. The van der Waals surface area contributed by atoms with E-state index in [0.29, 0.717) is 56.0 Å². The van der Waals surface area contributed by atoms with Crippen molar-refractivity contribution < 1.29 is 13.8 Å². The van der Waals surface area contributed by atoms with Crippen LogP contribution in [-0.4, -0.2) is 57.9 Å². The van der Waals surface area contributed by atoms with E-state index in [1.54, 1.807) is 36.7 Å². The lowest BCUT2D eigenvalue weighted by molar-refractivity contribution is -0.116. The molecule has 0 atom stereocenters. The molecule has 11 nitrogen and oxygen atoms in total. The van der Waals surface area contributed by atoms with Crippen LogP contribution in [0.25, 0.3) is 0 Å². The van der Waals surface area contributed by atoms with Crippen LogP contribution in [0, 0.1) is 0 Å². The van der Waals surface area contributed by atoms with E-state index in [0.717, 1.165) is 0 Å². The maximum Gasteiger partial charge on any atom is 0.232 e. The zero-order chi connectivity index (χ0) is 25.2. The van der Waals surface area contributed by atoms with Gasteiger partial charge in [0, 0.05) is 58.9 Å². The number of carbonyl (C=O) groups is 2. The van der Waals surface area contributed by atoms with Crippen LogP contribution in [0.2, 0.25) is 0 Å². The number of aromatic nitrogens is 6. The minimum absolute atomic E-state index is 0.154. The predicted molar refractivity (Wildman–Crippen MR) is 138 cm³/mol. The van der Waals surface area contributed by atoms with Crippen LogP contribution in [0.1, 0.15) is 21.4 Å². The number of nitrogens with zero attached hydrogens (tertiary/aromatic N) is 6. The molecule has 4 aromatic heterocycles. The monoisotopic (exact) mass is 542 g/mol. The molecule has 2 N–H and O–H groups in total. The Morgan fingerprint density at radius 2 is 1.19 bits per heavy atom. The molecular formula is C22H22N8O3S3. The van der Waals surface area contributed by atoms with Crippen molar-refractivity contribution in [2.45, 2.75) is 25.7 Å². The van der Waals surface area contributed by atoms with Gasteiger partial charge in [0.15, 0.2) is 0 Å². The second-order valence-corrected chi connectivity index (χ2v) is 11.3. The Morgan fingerprint density at radius 3 is 1.61 bits per heavy atom. The molecule has 0 radical (unpaired) electrons. The summed E-state index contributed by atoms with van der Waals surface area (Å²) in [5, 5.41) is 23.7. The highest BCUT2D eigenvalue weighted by Gasteiger charge is 2.13. The Kier molecular flexibility index (Phi) is 9.24. The summed E-state index contributed by atoms with van der Waals surface area (Å²) in [6, 6.07) is 10.8. The number of carbonyl (C=O) groups excluding carboxylic acids is 2. The third-order valence-corrected chi connectivity index (χ3v) is 7.77. The SMILES string of the molecule is O=C(Cc1ccccn1)Nc1nnc(CCS(=O)CCc2nnc(NC(=O)Cc3ccccn3)s2)s1. The van der Waals surface area contributed by atoms with Crippen LogP contribution in [0.15, 0.2) is 48.8 Å². The predicted octanol–water partition coefficient (Wildman–Crippen LogP) is 2.08. The van der Waals surface area contributed by atoms with E-state index < -0.39 is 10.8 Å². The van der Waals surface area contributed by atoms with Gasteiger partial charge in [-0.05, 0) is 24.3 Å². The van der Waals surface area contributed by atoms with Crippen molar-refractivity contribution in [1.82, 2.24) is 30.4 Å². The third-order valence-electron chi connectivity index (χ3n) is 4.65. The Hall–Kier alpha value is -3.49. The quantitative estimate of drug-likeness (QED) is 0.274. The number of amides is 2. The van der Waals surface area contributed by atoms with Crippen molar-refractivity contribution in [3.05, 3.63) is 70.2 Å². The second kappa shape index (κ2) is 13.0. The van der Waals surface area contributed by atoms with Gasteiger partial charge in [-0.3, -0.25) is 23.8 Å². The average molecular weight is 543 g/mol. The van der Waals surface area contributed by atoms with Gasteiger partial charge in [-0.25, -0.2) is 0 Å². The summed E-state index contributed by atoms with van der Waals surface area (Å²) in [4.78, 5) is 32.5. The molecule has 0 bridgehead atoms. The molecule has 0 unspecified atom stereocenters.